The van der Waals surface area contributed by atoms with E-state index in [1.165, 1.54) is 0 Å². The molecule has 4 heteroatoms. The van der Waals surface area contributed by atoms with Gasteiger partial charge in [-0.3, -0.25) is 0 Å². The molecular formula is C12H16O4. The molecule has 1 fully saturated rings. The zero-order valence-corrected chi connectivity index (χ0v) is 9.94. The average Bonchev–Trinajstić information content (AvgIpc) is 3.04. The van der Waals surface area contributed by atoms with E-state index in [-0.39, 0.29) is 12.2 Å². The molecule has 2 rings (SSSR count). The molecule has 1 aliphatic heterocycles. The van der Waals surface area contributed by atoms with Crippen LogP contribution in [0.2, 0.25) is 0 Å². The van der Waals surface area contributed by atoms with E-state index in [4.69, 9.17) is 18.9 Å². The van der Waals surface area contributed by atoms with Crippen LogP contribution < -0.4 is 14.2 Å². The van der Waals surface area contributed by atoms with Gasteiger partial charge in [0.25, 0.3) is 0 Å². The minimum Gasteiger partial charge on any atom is -0.496 e. The monoisotopic (exact) mass is 224 g/mol. The molecule has 1 aliphatic rings. The summed E-state index contributed by atoms with van der Waals surface area (Å²) in [7, 11) is 4.86. The number of epoxide rings is 1. The Hall–Kier alpha value is -1.42. The third-order valence-corrected chi connectivity index (χ3v) is 2.75. The summed E-state index contributed by atoms with van der Waals surface area (Å²) < 4.78 is 21.2. The predicted molar refractivity (Wildman–Crippen MR) is 59.4 cm³/mol. The first kappa shape index (κ1) is 11.1. The van der Waals surface area contributed by atoms with Gasteiger partial charge in [0.1, 0.15) is 11.9 Å². The minimum atomic E-state index is 0.106. The zero-order valence-electron chi connectivity index (χ0n) is 9.94. The van der Waals surface area contributed by atoms with Crippen molar-refractivity contribution in [2.75, 3.05) is 21.3 Å². The average molecular weight is 224 g/mol. The molecule has 0 bridgehead atoms. The van der Waals surface area contributed by atoms with E-state index in [0.717, 1.165) is 11.3 Å². The van der Waals surface area contributed by atoms with Crippen LogP contribution in [-0.4, -0.2) is 27.4 Å². The molecule has 16 heavy (non-hydrogen) atoms. The molecule has 1 saturated heterocycles. The van der Waals surface area contributed by atoms with Gasteiger partial charge in [0.15, 0.2) is 11.5 Å². The van der Waals surface area contributed by atoms with Crippen LogP contribution in [0.25, 0.3) is 0 Å². The smallest absolute Gasteiger partial charge is 0.164 e. The Labute approximate surface area is 95.1 Å². The van der Waals surface area contributed by atoms with Gasteiger partial charge in [-0.1, -0.05) is 0 Å². The molecule has 0 N–H and O–H groups in total. The maximum absolute atomic E-state index is 5.44. The van der Waals surface area contributed by atoms with Crippen LogP contribution in [0.3, 0.4) is 0 Å². The molecule has 88 valence electrons. The van der Waals surface area contributed by atoms with Crippen LogP contribution in [0, 0.1) is 0 Å². The summed E-state index contributed by atoms with van der Waals surface area (Å²) in [5.74, 6) is 2.13. The molecule has 2 atom stereocenters. The number of ether oxygens (including phenoxy) is 4. The van der Waals surface area contributed by atoms with Gasteiger partial charge < -0.3 is 18.9 Å². The molecule has 1 aromatic carbocycles. The molecular weight excluding hydrogens is 208 g/mol. The first-order valence-corrected chi connectivity index (χ1v) is 5.16. The Morgan fingerprint density at radius 2 is 1.44 bits per heavy atom. The number of rotatable bonds is 4. The molecule has 0 spiro atoms. The summed E-state index contributed by atoms with van der Waals surface area (Å²) in [6.07, 6.45) is 0.349. The largest absolute Gasteiger partial charge is 0.496 e. The zero-order chi connectivity index (χ0) is 11.7. The van der Waals surface area contributed by atoms with Gasteiger partial charge in [-0.05, 0) is 13.0 Å². The van der Waals surface area contributed by atoms with Gasteiger partial charge in [0.05, 0.1) is 27.4 Å². The lowest BCUT2D eigenvalue weighted by atomic mass is 10.1. The van der Waals surface area contributed by atoms with Crippen molar-refractivity contribution >= 4 is 0 Å². The van der Waals surface area contributed by atoms with Crippen LogP contribution in [0.1, 0.15) is 18.6 Å². The molecule has 1 heterocycles. The molecule has 4 nitrogen and oxygen atoms in total. The molecule has 0 radical (unpaired) electrons. The van der Waals surface area contributed by atoms with Crippen LogP contribution in [0.4, 0.5) is 0 Å². The summed E-state index contributed by atoms with van der Waals surface area (Å²) in [6, 6.07) is 3.73. The topological polar surface area (TPSA) is 40.2 Å². The SMILES string of the molecule is COc1cc(OC)c(C2O[C@@H]2C)cc1OC. The molecule has 1 unspecified atom stereocenters. The Morgan fingerprint density at radius 3 is 1.88 bits per heavy atom. The van der Waals surface area contributed by atoms with Crippen molar-refractivity contribution in [3.63, 3.8) is 0 Å². The fourth-order valence-electron chi connectivity index (χ4n) is 1.79. The van der Waals surface area contributed by atoms with Crippen LogP contribution >= 0.6 is 0 Å². The fraction of sp³-hybridized carbons (Fsp3) is 0.500. The van der Waals surface area contributed by atoms with Crippen LogP contribution in [-0.2, 0) is 4.74 Å². The molecule has 0 aromatic heterocycles. The number of hydrogen-bond acceptors (Lipinski definition) is 4. The summed E-state index contributed by atoms with van der Waals surface area (Å²) >= 11 is 0. The Morgan fingerprint density at radius 1 is 0.938 bits per heavy atom. The van der Waals surface area contributed by atoms with E-state index in [9.17, 15) is 0 Å². The van der Waals surface area contributed by atoms with Gasteiger partial charge in [0.2, 0.25) is 0 Å². The van der Waals surface area contributed by atoms with Gasteiger partial charge in [-0.2, -0.15) is 0 Å². The van der Waals surface area contributed by atoms with E-state index < -0.39 is 0 Å². The highest BCUT2D eigenvalue weighted by Gasteiger charge is 2.38. The highest BCUT2D eigenvalue weighted by molar-refractivity contribution is 5.52. The van der Waals surface area contributed by atoms with E-state index in [1.54, 1.807) is 21.3 Å². The number of benzene rings is 1. The number of methoxy groups -OCH3 is 3. The first-order valence-electron chi connectivity index (χ1n) is 5.16. The number of hydrogen-bond donors (Lipinski definition) is 0. The molecule has 0 aliphatic carbocycles. The third kappa shape index (κ3) is 1.80. The first-order chi connectivity index (χ1) is 7.71. The maximum Gasteiger partial charge on any atom is 0.164 e. The lowest BCUT2D eigenvalue weighted by molar-refractivity contribution is 0.341. The molecule has 0 saturated carbocycles. The van der Waals surface area contributed by atoms with Gasteiger partial charge in [0, 0.05) is 11.6 Å². The van der Waals surface area contributed by atoms with Crippen molar-refractivity contribution in [3.8, 4) is 17.2 Å². The van der Waals surface area contributed by atoms with Crippen molar-refractivity contribution in [3.05, 3.63) is 17.7 Å². The Kier molecular flexibility index (Phi) is 2.92. The van der Waals surface area contributed by atoms with Crippen molar-refractivity contribution in [2.24, 2.45) is 0 Å². The van der Waals surface area contributed by atoms with Crippen LogP contribution in [0.15, 0.2) is 12.1 Å². The van der Waals surface area contributed by atoms with E-state index in [2.05, 4.69) is 0 Å². The van der Waals surface area contributed by atoms with Gasteiger partial charge >= 0.3 is 0 Å². The highest BCUT2D eigenvalue weighted by Crippen LogP contribution is 2.46. The minimum absolute atomic E-state index is 0.106. The molecule has 0 amide bonds. The van der Waals surface area contributed by atoms with E-state index in [0.29, 0.717) is 11.5 Å². The maximum atomic E-state index is 5.44. The quantitative estimate of drug-likeness (QED) is 0.735. The lowest BCUT2D eigenvalue weighted by Gasteiger charge is -2.12. The standard InChI is InChI=1S/C12H16O4/c1-7-12(16-7)8-5-10(14-3)11(15-4)6-9(8)13-2/h5-7,12H,1-4H3/t7-,12?/m1/s1. The van der Waals surface area contributed by atoms with Crippen LogP contribution in [0.5, 0.6) is 17.2 Å². The Bertz CT molecular complexity index is 389. The van der Waals surface area contributed by atoms with Gasteiger partial charge in [-0.25, -0.2) is 0 Å². The van der Waals surface area contributed by atoms with Crippen molar-refractivity contribution in [2.45, 2.75) is 19.1 Å². The Balaban J connectivity index is 2.42. The van der Waals surface area contributed by atoms with Crippen molar-refractivity contribution in [1.82, 2.24) is 0 Å². The summed E-state index contributed by atoms with van der Waals surface area (Å²) in [6.45, 7) is 2.03. The second kappa shape index (κ2) is 4.22. The molecule has 1 aromatic rings. The lowest BCUT2D eigenvalue weighted by Crippen LogP contribution is -1.97. The highest BCUT2D eigenvalue weighted by atomic mass is 16.6. The van der Waals surface area contributed by atoms with E-state index >= 15 is 0 Å². The summed E-state index contributed by atoms with van der Waals surface area (Å²) in [4.78, 5) is 0. The van der Waals surface area contributed by atoms with E-state index in [1.807, 2.05) is 19.1 Å². The second-order valence-electron chi connectivity index (χ2n) is 3.71. The third-order valence-electron chi connectivity index (χ3n) is 2.75. The van der Waals surface area contributed by atoms with Gasteiger partial charge in [-0.15, -0.1) is 0 Å². The summed E-state index contributed by atoms with van der Waals surface area (Å²) in [5.41, 5.74) is 1.01. The van der Waals surface area contributed by atoms with Crippen molar-refractivity contribution in [1.29, 1.82) is 0 Å². The van der Waals surface area contributed by atoms with Crippen molar-refractivity contribution < 1.29 is 18.9 Å². The predicted octanol–water partition coefficient (Wildman–Crippen LogP) is 2.17. The fourth-order valence-corrected chi connectivity index (χ4v) is 1.79. The summed E-state index contributed by atoms with van der Waals surface area (Å²) in [5, 5.41) is 0. The second-order valence-corrected chi connectivity index (χ2v) is 3.71. The normalized spacial score (nSPS) is 22.8.